The highest BCUT2D eigenvalue weighted by atomic mass is 28.4. The molecule has 0 spiro atoms. The summed E-state index contributed by atoms with van der Waals surface area (Å²) in [4.78, 5) is 28.6. The highest BCUT2D eigenvalue weighted by molar-refractivity contribution is 6.98. The van der Waals surface area contributed by atoms with Crippen LogP contribution in [0.1, 0.15) is 25.8 Å². The van der Waals surface area contributed by atoms with Gasteiger partial charge in [-0.05, 0) is 57.6 Å². The predicted octanol–water partition coefficient (Wildman–Crippen LogP) is 6.81. The largest absolute Gasteiger partial charge is 0.573 e. The van der Waals surface area contributed by atoms with Crippen LogP contribution in [0.5, 0.6) is 5.75 Å². The maximum Gasteiger partial charge on any atom is 0.573 e. The van der Waals surface area contributed by atoms with Gasteiger partial charge in [-0.1, -0.05) is 122 Å². The molecular weight excluding hydrogens is 674 g/mol. The number of benzene rings is 4. The van der Waals surface area contributed by atoms with Crippen LogP contribution in [-0.4, -0.2) is 64.6 Å². The van der Waals surface area contributed by atoms with Gasteiger partial charge >= 0.3 is 12.4 Å². The lowest BCUT2D eigenvalue weighted by Crippen LogP contribution is -2.65. The Morgan fingerprint density at radius 1 is 0.863 bits per heavy atom. The van der Waals surface area contributed by atoms with Crippen LogP contribution in [0.4, 0.5) is 18.0 Å². The van der Waals surface area contributed by atoms with Crippen molar-refractivity contribution in [3.8, 4) is 17.0 Å². The lowest BCUT2D eigenvalue weighted by atomic mass is 9.91. The molecule has 1 amide bonds. The second-order valence-corrected chi connectivity index (χ2v) is 17.2. The summed E-state index contributed by atoms with van der Waals surface area (Å²) in [7, 11) is -3.31. The lowest BCUT2D eigenvalue weighted by Gasteiger charge is -2.44. The number of hydrogen-bond donors (Lipinski definition) is 1. The van der Waals surface area contributed by atoms with E-state index < -0.39 is 31.8 Å². The quantitative estimate of drug-likeness (QED) is 0.120. The summed E-state index contributed by atoms with van der Waals surface area (Å²) in [6.45, 7) is 5.15. The minimum atomic E-state index is -4.81. The third-order valence-electron chi connectivity index (χ3n) is 9.29. The Balaban J connectivity index is 1.25. The average molecular weight is 713 g/mol. The molecule has 4 aromatic carbocycles. The second-order valence-electron chi connectivity index (χ2n) is 13.3. The molecule has 12 heteroatoms. The first-order valence-corrected chi connectivity index (χ1v) is 18.6. The number of halogens is 3. The normalized spacial score (nSPS) is 16.6. The molecule has 1 aromatic heterocycles. The molecule has 51 heavy (non-hydrogen) atoms. The van der Waals surface area contributed by atoms with Crippen molar-refractivity contribution in [3.05, 3.63) is 139 Å². The van der Waals surface area contributed by atoms with E-state index in [0.29, 0.717) is 30.8 Å². The van der Waals surface area contributed by atoms with Crippen LogP contribution in [0.25, 0.3) is 11.3 Å². The van der Waals surface area contributed by atoms with Crippen LogP contribution in [0.2, 0.25) is 5.04 Å². The summed E-state index contributed by atoms with van der Waals surface area (Å²) in [5.74, 6) is -0.471. The van der Waals surface area contributed by atoms with E-state index in [1.807, 2.05) is 97.1 Å². The van der Waals surface area contributed by atoms with E-state index in [9.17, 15) is 22.8 Å². The van der Waals surface area contributed by atoms with Gasteiger partial charge in [-0.3, -0.25) is 0 Å². The molecule has 1 aliphatic heterocycles. The van der Waals surface area contributed by atoms with Crippen LogP contribution in [-0.2, 0) is 11.3 Å². The molecule has 2 atom stereocenters. The second kappa shape index (κ2) is 15.1. The molecule has 8 nitrogen and oxygen atoms in total. The highest BCUT2D eigenvalue weighted by Crippen LogP contribution is 2.42. The third kappa shape index (κ3) is 8.30. The highest BCUT2D eigenvalue weighted by Gasteiger charge is 2.51. The molecular formula is C39H39F3N4O4Si. The van der Waals surface area contributed by atoms with Gasteiger partial charge in [0, 0.05) is 12.1 Å². The van der Waals surface area contributed by atoms with Crippen molar-refractivity contribution in [1.29, 1.82) is 0 Å². The minimum absolute atomic E-state index is 0.107. The standard InChI is InChI=1S/C39H39F3N4O4Si/c1-38(2,51(48,34-14-8-4-9-15-34)35-16-10-5-11-17-35)24-30-18-21-32(28-49-27-29-12-6-3-7-13-29)45(25-30)37(47)46-26-36(43-44-46)31-19-22-33(23-20-31)50-39(40,41)42/h3-23,26,30,32,48H,24-25,27-28H2,1-2H3/t30-,32+/m0/s1. The first kappa shape index (κ1) is 35.8. The van der Waals surface area contributed by atoms with E-state index in [1.54, 1.807) is 4.90 Å². The summed E-state index contributed by atoms with van der Waals surface area (Å²) < 4.78 is 49.1. The zero-order valence-corrected chi connectivity index (χ0v) is 29.3. The Labute approximate surface area is 295 Å². The van der Waals surface area contributed by atoms with Crippen molar-refractivity contribution in [1.82, 2.24) is 19.9 Å². The van der Waals surface area contributed by atoms with Gasteiger partial charge in [0.25, 0.3) is 8.32 Å². The van der Waals surface area contributed by atoms with E-state index in [2.05, 4.69) is 35.0 Å². The maximum atomic E-state index is 14.2. The van der Waals surface area contributed by atoms with Crippen molar-refractivity contribution < 1.29 is 32.2 Å². The first-order chi connectivity index (χ1) is 24.4. The van der Waals surface area contributed by atoms with Crippen molar-refractivity contribution in [2.45, 2.75) is 44.3 Å². The summed E-state index contributed by atoms with van der Waals surface area (Å²) in [6.07, 6.45) is 1.34. The van der Waals surface area contributed by atoms with E-state index in [1.165, 1.54) is 30.5 Å². The maximum absolute atomic E-state index is 14.2. The van der Waals surface area contributed by atoms with Crippen LogP contribution in [0.15, 0.2) is 134 Å². The molecule has 1 aliphatic rings. The smallest absolute Gasteiger partial charge is 0.424 e. The van der Waals surface area contributed by atoms with Crippen LogP contribution < -0.4 is 15.1 Å². The zero-order valence-electron chi connectivity index (χ0n) is 28.3. The Bertz CT molecular complexity index is 1880. The van der Waals surface area contributed by atoms with Gasteiger partial charge in [-0.25, -0.2) is 4.79 Å². The van der Waals surface area contributed by atoms with E-state index >= 15 is 0 Å². The Kier molecular flexibility index (Phi) is 10.6. The Morgan fingerprint density at radius 3 is 2.04 bits per heavy atom. The summed E-state index contributed by atoms with van der Waals surface area (Å²) in [6, 6.07) is 33.8. The van der Waals surface area contributed by atoms with Gasteiger partial charge in [0.05, 0.1) is 25.5 Å². The monoisotopic (exact) mass is 712 g/mol. The van der Waals surface area contributed by atoms with Crippen molar-refractivity contribution in [2.75, 3.05) is 13.2 Å². The predicted molar refractivity (Wildman–Crippen MR) is 191 cm³/mol. The molecule has 5 aromatic rings. The SMILES string of the molecule is CC(C)(C[C@@H]1C=C[C@H](COCc2ccccc2)N(C(=O)n2cc(-c3ccc(OC(F)(F)F)cc3)nn2)C1)[Si](O)(c1ccccc1)c1ccccc1. The van der Waals surface area contributed by atoms with Crippen molar-refractivity contribution in [3.63, 3.8) is 0 Å². The molecule has 1 N–H and O–H groups in total. The van der Waals surface area contributed by atoms with Gasteiger partial charge in [0.2, 0.25) is 0 Å². The minimum Gasteiger partial charge on any atom is -0.424 e. The number of nitrogens with zero attached hydrogens (tertiary/aromatic N) is 4. The van der Waals surface area contributed by atoms with Gasteiger partial charge in [0.1, 0.15) is 11.4 Å². The molecule has 0 saturated carbocycles. The molecule has 6 rings (SSSR count). The summed E-state index contributed by atoms with van der Waals surface area (Å²) in [5.41, 5.74) is 1.79. The van der Waals surface area contributed by atoms with Crippen LogP contribution >= 0.6 is 0 Å². The molecule has 264 valence electrons. The Hall–Kier alpha value is -5.04. The zero-order chi connectivity index (χ0) is 36.1. The van der Waals surface area contributed by atoms with Crippen molar-refractivity contribution in [2.24, 2.45) is 5.92 Å². The van der Waals surface area contributed by atoms with E-state index in [4.69, 9.17) is 4.74 Å². The van der Waals surface area contributed by atoms with Crippen LogP contribution in [0, 0.1) is 5.92 Å². The number of aromatic nitrogens is 3. The topological polar surface area (TPSA) is 89.7 Å². The van der Waals surface area contributed by atoms with Gasteiger partial charge in [-0.15, -0.1) is 18.3 Å². The third-order valence-corrected chi connectivity index (χ3v) is 13.8. The number of alkyl halides is 3. The molecule has 0 saturated heterocycles. The number of carbonyl (C=O) groups is 1. The molecule has 0 bridgehead atoms. The molecule has 0 radical (unpaired) electrons. The number of hydrogen-bond acceptors (Lipinski definition) is 6. The lowest BCUT2D eigenvalue weighted by molar-refractivity contribution is -0.274. The number of carbonyl (C=O) groups excluding carboxylic acids is 1. The van der Waals surface area contributed by atoms with Crippen LogP contribution in [0.3, 0.4) is 0 Å². The fourth-order valence-corrected chi connectivity index (χ4v) is 10.6. The van der Waals surface area contributed by atoms with Gasteiger partial charge in [-0.2, -0.15) is 4.68 Å². The summed E-state index contributed by atoms with van der Waals surface area (Å²) in [5, 5.41) is 9.50. The number of ether oxygens (including phenoxy) is 2. The fourth-order valence-electron chi connectivity index (χ4n) is 6.77. The molecule has 0 aliphatic carbocycles. The summed E-state index contributed by atoms with van der Waals surface area (Å²) >= 11 is 0. The first-order valence-electron chi connectivity index (χ1n) is 16.7. The molecule has 2 heterocycles. The van der Waals surface area contributed by atoms with E-state index in [0.717, 1.165) is 20.6 Å². The molecule has 0 unspecified atom stereocenters. The Morgan fingerprint density at radius 2 is 1.45 bits per heavy atom. The van der Waals surface area contributed by atoms with Crippen molar-refractivity contribution >= 4 is 24.7 Å². The average Bonchev–Trinajstić information content (AvgIpc) is 3.63. The number of amides is 1. The molecule has 0 fully saturated rings. The van der Waals surface area contributed by atoms with Gasteiger partial charge < -0.3 is 19.2 Å². The fraction of sp³-hybridized carbons (Fsp3) is 0.256. The number of rotatable bonds is 11. The van der Waals surface area contributed by atoms with Gasteiger partial charge in [0.15, 0.2) is 0 Å². The van der Waals surface area contributed by atoms with E-state index in [-0.39, 0.29) is 18.3 Å².